The smallest absolute Gasteiger partial charge is 0.246 e. The molecule has 1 saturated heterocycles. The molecule has 3 unspecified atom stereocenters. The van der Waals surface area contributed by atoms with E-state index in [1.165, 1.54) is 0 Å². The fourth-order valence-electron chi connectivity index (χ4n) is 2.32. The molecular formula is C15H21NO7. The molecule has 0 saturated carbocycles. The molecule has 1 amide bonds. The van der Waals surface area contributed by atoms with Crippen LogP contribution in [0.5, 0.6) is 0 Å². The topological polar surface area (TPSA) is 128 Å². The second-order valence-corrected chi connectivity index (χ2v) is 5.30. The van der Waals surface area contributed by atoms with E-state index < -0.39 is 43.2 Å². The molecule has 0 aliphatic carbocycles. The summed E-state index contributed by atoms with van der Waals surface area (Å²) in [5, 5.41) is 40.7. The average molecular weight is 327 g/mol. The molecule has 1 heterocycles. The Bertz CT molecular complexity index is 498. The lowest BCUT2D eigenvalue weighted by Crippen LogP contribution is -2.64. The van der Waals surface area contributed by atoms with Crippen molar-refractivity contribution in [3.05, 3.63) is 35.9 Å². The summed E-state index contributed by atoms with van der Waals surface area (Å²) in [6.07, 6.45) is -5.53. The number of benzene rings is 1. The van der Waals surface area contributed by atoms with Gasteiger partial charge >= 0.3 is 0 Å². The molecule has 1 aromatic rings. The van der Waals surface area contributed by atoms with Crippen LogP contribution in [0.3, 0.4) is 0 Å². The molecule has 1 aliphatic heterocycles. The zero-order chi connectivity index (χ0) is 16.8. The maximum Gasteiger partial charge on any atom is 0.246 e. The molecule has 1 fully saturated rings. The van der Waals surface area contributed by atoms with Gasteiger partial charge in [-0.05, 0) is 5.56 Å². The molecule has 0 aromatic heterocycles. The van der Waals surface area contributed by atoms with Gasteiger partial charge in [-0.1, -0.05) is 30.3 Å². The largest absolute Gasteiger partial charge is 0.394 e. The number of carbonyl (C=O) groups is 1. The molecule has 0 spiro atoms. The second kappa shape index (κ2) is 8.34. The zero-order valence-corrected chi connectivity index (χ0v) is 12.4. The number of nitrogens with one attached hydrogen (secondary N) is 1. The molecule has 8 nitrogen and oxygen atoms in total. The Labute approximate surface area is 133 Å². The van der Waals surface area contributed by atoms with Crippen molar-refractivity contribution in [2.45, 2.75) is 37.3 Å². The minimum Gasteiger partial charge on any atom is -0.394 e. The van der Waals surface area contributed by atoms with E-state index in [1.54, 1.807) is 0 Å². The van der Waals surface area contributed by atoms with Crippen LogP contribution in [0, 0.1) is 0 Å². The van der Waals surface area contributed by atoms with Crippen molar-refractivity contribution in [3.63, 3.8) is 0 Å². The highest BCUT2D eigenvalue weighted by atomic mass is 16.6. The molecule has 128 valence electrons. The van der Waals surface area contributed by atoms with Gasteiger partial charge in [0.15, 0.2) is 6.29 Å². The highest BCUT2D eigenvalue weighted by Gasteiger charge is 2.44. The molecule has 2 rings (SSSR count). The summed E-state index contributed by atoms with van der Waals surface area (Å²) in [6, 6.07) is 8.07. The van der Waals surface area contributed by atoms with Gasteiger partial charge in [0, 0.05) is 0 Å². The van der Waals surface area contributed by atoms with Gasteiger partial charge < -0.3 is 35.2 Å². The Morgan fingerprint density at radius 3 is 2.52 bits per heavy atom. The summed E-state index contributed by atoms with van der Waals surface area (Å²) >= 11 is 0. The maximum absolute atomic E-state index is 11.8. The first-order chi connectivity index (χ1) is 11.0. The molecule has 8 heteroatoms. The van der Waals surface area contributed by atoms with E-state index in [9.17, 15) is 20.1 Å². The van der Waals surface area contributed by atoms with Crippen LogP contribution in [0.25, 0.3) is 0 Å². The lowest BCUT2D eigenvalue weighted by atomic mass is 9.97. The first-order valence-corrected chi connectivity index (χ1v) is 7.24. The van der Waals surface area contributed by atoms with Crippen molar-refractivity contribution >= 4 is 5.91 Å². The Balaban J connectivity index is 1.80. The van der Waals surface area contributed by atoms with Gasteiger partial charge in [0.05, 0.1) is 13.2 Å². The quantitative estimate of drug-likeness (QED) is 0.413. The number of carbonyl (C=O) groups excluding carboxylic acids is 1. The lowest BCUT2D eigenvalue weighted by Gasteiger charge is -2.40. The number of aliphatic hydroxyl groups excluding tert-OH is 4. The van der Waals surface area contributed by atoms with E-state index in [0.29, 0.717) is 0 Å². The summed E-state index contributed by atoms with van der Waals surface area (Å²) in [5.41, 5.74) is 0.905. The number of aliphatic hydroxyl groups is 4. The number of rotatable bonds is 6. The normalized spacial score (nSPS) is 30.9. The third-order valence-corrected chi connectivity index (χ3v) is 3.57. The van der Waals surface area contributed by atoms with Crippen molar-refractivity contribution in [2.75, 3.05) is 13.2 Å². The molecule has 0 bridgehead atoms. The van der Waals surface area contributed by atoms with Crippen molar-refractivity contribution in [1.82, 2.24) is 5.32 Å². The summed E-state index contributed by atoms with van der Waals surface area (Å²) < 4.78 is 10.2. The predicted octanol–water partition coefficient (Wildman–Crippen LogP) is -1.88. The van der Waals surface area contributed by atoms with E-state index in [1.807, 2.05) is 30.3 Å². The molecule has 5 N–H and O–H groups in total. The molecule has 23 heavy (non-hydrogen) atoms. The Morgan fingerprint density at radius 1 is 1.17 bits per heavy atom. The molecule has 5 atom stereocenters. The van der Waals surface area contributed by atoms with Crippen LogP contribution in [-0.2, 0) is 20.9 Å². The fraction of sp³-hybridized carbons (Fsp3) is 0.533. The van der Waals surface area contributed by atoms with Crippen LogP contribution in [0.4, 0.5) is 0 Å². The molecule has 0 radical (unpaired) electrons. The lowest BCUT2D eigenvalue weighted by molar-refractivity contribution is -0.254. The molecule has 1 aromatic carbocycles. The van der Waals surface area contributed by atoms with Gasteiger partial charge in [-0.25, -0.2) is 0 Å². The van der Waals surface area contributed by atoms with Crippen LogP contribution < -0.4 is 5.32 Å². The van der Waals surface area contributed by atoms with E-state index in [-0.39, 0.29) is 13.2 Å². The number of amides is 1. The van der Waals surface area contributed by atoms with Gasteiger partial charge in [0.1, 0.15) is 31.0 Å². The standard InChI is InChI=1S/C15H21NO7/c17-6-10-13(19)14(20)12(15(21)23-10)16-11(18)8-22-7-9-4-2-1-3-5-9/h1-5,10,12-15,17,19-21H,6-8H2,(H,16,18)/t10?,12?,13-,14?,15-/m1/s1. The van der Waals surface area contributed by atoms with Crippen molar-refractivity contribution in [1.29, 1.82) is 0 Å². The van der Waals surface area contributed by atoms with Crippen molar-refractivity contribution in [3.8, 4) is 0 Å². The monoisotopic (exact) mass is 327 g/mol. The predicted molar refractivity (Wildman–Crippen MR) is 78.0 cm³/mol. The Hall–Kier alpha value is -1.55. The summed E-state index contributed by atoms with van der Waals surface area (Å²) in [6.45, 7) is -0.587. The van der Waals surface area contributed by atoms with Crippen LogP contribution in [0.15, 0.2) is 30.3 Å². The fourth-order valence-corrected chi connectivity index (χ4v) is 2.32. The number of hydrogen-bond donors (Lipinski definition) is 5. The third-order valence-electron chi connectivity index (χ3n) is 3.57. The molecular weight excluding hydrogens is 306 g/mol. The van der Waals surface area contributed by atoms with E-state index in [4.69, 9.17) is 14.6 Å². The van der Waals surface area contributed by atoms with Gasteiger partial charge in [0.2, 0.25) is 5.91 Å². The summed E-state index contributed by atoms with van der Waals surface area (Å²) in [5.74, 6) is -0.567. The van der Waals surface area contributed by atoms with E-state index in [0.717, 1.165) is 5.56 Å². The minimum absolute atomic E-state index is 0.246. The number of ether oxygens (including phenoxy) is 2. The first-order valence-electron chi connectivity index (χ1n) is 7.24. The van der Waals surface area contributed by atoms with Gasteiger partial charge in [0.25, 0.3) is 0 Å². The highest BCUT2D eigenvalue weighted by Crippen LogP contribution is 2.19. The summed E-state index contributed by atoms with van der Waals surface area (Å²) in [4.78, 5) is 11.8. The van der Waals surface area contributed by atoms with Crippen LogP contribution in [0.2, 0.25) is 0 Å². The van der Waals surface area contributed by atoms with Gasteiger partial charge in [-0.3, -0.25) is 4.79 Å². The van der Waals surface area contributed by atoms with Crippen molar-refractivity contribution < 1.29 is 34.7 Å². The minimum atomic E-state index is -1.54. The van der Waals surface area contributed by atoms with Crippen molar-refractivity contribution in [2.24, 2.45) is 0 Å². The SMILES string of the molecule is O=C(COCc1ccccc1)NC1C(O)[C@H](O)C(CO)O[C@H]1O. The highest BCUT2D eigenvalue weighted by molar-refractivity contribution is 5.77. The zero-order valence-electron chi connectivity index (χ0n) is 12.4. The number of hydrogen-bond acceptors (Lipinski definition) is 7. The van der Waals surface area contributed by atoms with Gasteiger partial charge in [-0.15, -0.1) is 0 Å². The summed E-state index contributed by atoms with van der Waals surface area (Å²) in [7, 11) is 0. The van der Waals surface area contributed by atoms with Crippen LogP contribution in [-0.4, -0.2) is 70.2 Å². The molecule has 1 aliphatic rings. The van der Waals surface area contributed by atoms with Gasteiger partial charge in [-0.2, -0.15) is 0 Å². The average Bonchev–Trinajstić information content (AvgIpc) is 2.56. The van der Waals surface area contributed by atoms with Crippen LogP contribution in [0.1, 0.15) is 5.56 Å². The Morgan fingerprint density at radius 2 is 1.87 bits per heavy atom. The second-order valence-electron chi connectivity index (χ2n) is 5.30. The third kappa shape index (κ3) is 4.71. The first kappa shape index (κ1) is 17.8. The maximum atomic E-state index is 11.8. The van der Waals surface area contributed by atoms with E-state index in [2.05, 4.69) is 5.32 Å². The Kier molecular flexibility index (Phi) is 6.46. The van der Waals surface area contributed by atoms with Crippen LogP contribution >= 0.6 is 0 Å². The van der Waals surface area contributed by atoms with E-state index >= 15 is 0 Å².